The Labute approximate surface area is 100 Å². The average Bonchev–Trinajstić information content (AvgIpc) is 1.85. The van der Waals surface area contributed by atoms with Gasteiger partial charge in [0.2, 0.25) is 0 Å². The molecule has 0 heterocycles. The number of rotatable bonds is 3. The van der Waals surface area contributed by atoms with E-state index in [0.29, 0.717) is 0 Å². The summed E-state index contributed by atoms with van der Waals surface area (Å²) in [5.74, 6) is -1.34. The van der Waals surface area contributed by atoms with Crippen molar-refractivity contribution < 1.29 is 53.9 Å². The zero-order chi connectivity index (χ0) is 9.94. The van der Waals surface area contributed by atoms with Crippen LogP contribution in [-0.4, -0.2) is 24.0 Å². The van der Waals surface area contributed by atoms with Crippen LogP contribution in [-0.2, 0) is 14.9 Å². The summed E-state index contributed by atoms with van der Waals surface area (Å²) in [6.07, 6.45) is -0.0308. The Kier molecular flexibility index (Phi) is 6.91. The Morgan fingerprint density at radius 2 is 1.85 bits per heavy atom. The summed E-state index contributed by atoms with van der Waals surface area (Å²) in [5, 5.41) is 8.41. The monoisotopic (exact) mass is 218 g/mol. The molecular weight excluding hydrogens is 207 g/mol. The zero-order valence-corrected chi connectivity index (χ0v) is 10.6. The molecule has 0 rings (SSSR count). The van der Waals surface area contributed by atoms with Crippen LogP contribution in [0.3, 0.4) is 0 Å². The predicted octanol–water partition coefficient (Wildman–Crippen LogP) is -2.24. The first-order valence-electron chi connectivity index (χ1n) is 3.21. The maximum Gasteiger partial charge on any atom is 1.00 e. The summed E-state index contributed by atoms with van der Waals surface area (Å²) in [5.41, 5.74) is -0.347. The summed E-state index contributed by atoms with van der Waals surface area (Å²) >= 11 is 0. The maximum absolute atomic E-state index is 10.5. The van der Waals surface area contributed by atoms with Crippen molar-refractivity contribution in [1.82, 2.24) is 0 Å². The number of hydrogen-bond donors (Lipinski definition) is 2. The van der Waals surface area contributed by atoms with Crippen LogP contribution in [0.2, 0.25) is 0 Å². The molecule has 0 saturated heterocycles. The van der Waals surface area contributed by atoms with Crippen LogP contribution < -0.4 is 29.6 Å². The minimum atomic E-state index is -4.36. The molecule has 0 bridgehead atoms. The van der Waals surface area contributed by atoms with Gasteiger partial charge in [-0.25, -0.2) is 4.79 Å². The molecule has 0 fully saturated rings. The Hall–Kier alpha value is 0.120. The van der Waals surface area contributed by atoms with Crippen LogP contribution >= 0.6 is 0 Å². The smallest absolute Gasteiger partial charge is 1.00 e. The van der Waals surface area contributed by atoms with Gasteiger partial charge in [-0.1, -0.05) is 6.92 Å². The van der Waals surface area contributed by atoms with Gasteiger partial charge in [0.05, 0.1) is 10.5 Å². The van der Waals surface area contributed by atoms with Gasteiger partial charge in [-0.2, -0.15) is 8.42 Å². The fraction of sp³-hybridized carbons (Fsp3) is 0.500. The van der Waals surface area contributed by atoms with E-state index in [-0.39, 0.29) is 43.0 Å². The fourth-order valence-corrected chi connectivity index (χ4v) is 1.60. The molecule has 0 aliphatic heterocycles. The summed E-state index contributed by atoms with van der Waals surface area (Å²) in [4.78, 5) is 9.86. The molecule has 0 aromatic heterocycles. The summed E-state index contributed by atoms with van der Waals surface area (Å²) in [6, 6.07) is 0. The topological polar surface area (TPSA) is 91.7 Å². The van der Waals surface area contributed by atoms with E-state index in [2.05, 4.69) is 0 Å². The van der Waals surface area contributed by atoms with Crippen molar-refractivity contribution in [1.29, 1.82) is 0 Å². The van der Waals surface area contributed by atoms with Crippen molar-refractivity contribution in [3.05, 3.63) is 10.5 Å². The van der Waals surface area contributed by atoms with Gasteiger partial charge >= 0.3 is 35.5 Å². The normalized spacial score (nSPS) is 12.8. The van der Waals surface area contributed by atoms with E-state index in [1.54, 1.807) is 0 Å². The van der Waals surface area contributed by atoms with E-state index in [4.69, 9.17) is 9.66 Å². The fourth-order valence-electron chi connectivity index (χ4n) is 0.760. The number of carbonyl (C=O) groups is 1. The largest absolute Gasteiger partial charge is 1.00 e. The molecule has 72 valence electrons. The third-order valence-electron chi connectivity index (χ3n) is 1.37. The molecule has 0 radical (unpaired) electrons. The van der Waals surface area contributed by atoms with Gasteiger partial charge in [0.25, 0.3) is 10.1 Å². The standard InChI is InChI=1S/C6H10O5S.Na.H/c1-3-5(12(9,10)11)4(2)6(7)8;;/h3H2,1-2H3,(H,7,8)(H,9,10,11);;/q;+1;-1/b5-4+;;. The van der Waals surface area contributed by atoms with Crippen LogP contribution in [0.5, 0.6) is 0 Å². The Morgan fingerprint density at radius 1 is 1.46 bits per heavy atom. The third kappa shape index (κ3) is 4.78. The van der Waals surface area contributed by atoms with E-state index < -0.39 is 21.0 Å². The second kappa shape index (κ2) is 5.77. The molecule has 5 nitrogen and oxygen atoms in total. The number of aliphatic carboxylic acids is 1. The van der Waals surface area contributed by atoms with Gasteiger partial charge in [0.15, 0.2) is 0 Å². The van der Waals surface area contributed by atoms with Crippen LogP contribution in [0.1, 0.15) is 21.7 Å². The molecular formula is C6H11NaO5S. The minimum absolute atomic E-state index is 0. The van der Waals surface area contributed by atoms with E-state index >= 15 is 0 Å². The van der Waals surface area contributed by atoms with Gasteiger partial charge in [0.1, 0.15) is 0 Å². The number of allylic oxidation sites excluding steroid dienone is 1. The van der Waals surface area contributed by atoms with Gasteiger partial charge < -0.3 is 6.53 Å². The average molecular weight is 218 g/mol. The second-order valence-electron chi connectivity index (χ2n) is 2.18. The summed E-state index contributed by atoms with van der Waals surface area (Å²) in [7, 11) is -4.36. The van der Waals surface area contributed by atoms with E-state index in [0.717, 1.165) is 6.92 Å². The van der Waals surface area contributed by atoms with E-state index in [1.807, 2.05) is 0 Å². The van der Waals surface area contributed by atoms with Gasteiger partial charge in [-0.15, -0.1) is 0 Å². The molecule has 0 unspecified atom stereocenters. The maximum atomic E-state index is 10.5. The molecule has 0 aliphatic carbocycles. The van der Waals surface area contributed by atoms with Crippen molar-refractivity contribution >= 4 is 16.1 Å². The van der Waals surface area contributed by atoms with Gasteiger partial charge in [-0.3, -0.25) is 4.55 Å². The summed E-state index contributed by atoms with van der Waals surface area (Å²) < 4.78 is 29.6. The molecule has 0 saturated carbocycles. The molecule has 13 heavy (non-hydrogen) atoms. The number of hydrogen-bond acceptors (Lipinski definition) is 3. The van der Waals surface area contributed by atoms with Gasteiger partial charge in [-0.05, 0) is 13.3 Å². The quantitative estimate of drug-likeness (QED) is 0.317. The Morgan fingerprint density at radius 3 is 1.92 bits per heavy atom. The SMILES string of the molecule is CC/C(=C(/C)C(=O)O)S(=O)(=O)O.[H-].[Na+]. The van der Waals surface area contributed by atoms with Crippen LogP contribution in [0, 0.1) is 0 Å². The first-order valence-corrected chi connectivity index (χ1v) is 4.65. The van der Waals surface area contributed by atoms with Crippen molar-refractivity contribution in [3.8, 4) is 0 Å². The van der Waals surface area contributed by atoms with E-state index in [1.165, 1.54) is 6.92 Å². The molecule has 0 aromatic carbocycles. The summed E-state index contributed by atoms with van der Waals surface area (Å²) in [6.45, 7) is 2.59. The minimum Gasteiger partial charge on any atom is -1.00 e. The molecule has 0 atom stereocenters. The van der Waals surface area contributed by atoms with Crippen molar-refractivity contribution in [2.75, 3.05) is 0 Å². The molecule has 0 aliphatic rings. The van der Waals surface area contributed by atoms with Crippen molar-refractivity contribution in [2.45, 2.75) is 20.3 Å². The van der Waals surface area contributed by atoms with Crippen molar-refractivity contribution in [2.24, 2.45) is 0 Å². The van der Waals surface area contributed by atoms with Crippen LogP contribution in [0.4, 0.5) is 0 Å². The third-order valence-corrected chi connectivity index (χ3v) is 2.59. The predicted molar refractivity (Wildman–Crippen MR) is 43.3 cm³/mol. The Balaban J connectivity index is -0.000000605. The molecule has 7 heteroatoms. The van der Waals surface area contributed by atoms with Crippen LogP contribution in [0.15, 0.2) is 10.5 Å². The molecule has 2 N–H and O–H groups in total. The zero-order valence-electron chi connectivity index (χ0n) is 8.73. The molecule has 0 spiro atoms. The number of carboxylic acids is 1. The number of carboxylic acid groups (broad SMARTS) is 1. The van der Waals surface area contributed by atoms with Gasteiger partial charge in [0, 0.05) is 0 Å². The molecule has 0 amide bonds. The Bertz CT molecular complexity index is 321. The second-order valence-corrected chi connectivity index (χ2v) is 3.62. The van der Waals surface area contributed by atoms with Crippen LogP contribution in [0.25, 0.3) is 0 Å². The first-order chi connectivity index (χ1) is 5.30. The first kappa shape index (κ1) is 15.6. The van der Waals surface area contributed by atoms with E-state index in [9.17, 15) is 13.2 Å². The molecule has 0 aromatic rings. The van der Waals surface area contributed by atoms with Crippen molar-refractivity contribution in [3.63, 3.8) is 0 Å².